The van der Waals surface area contributed by atoms with E-state index in [9.17, 15) is 4.79 Å². The van der Waals surface area contributed by atoms with Crippen molar-refractivity contribution in [3.63, 3.8) is 0 Å². The maximum Gasteiger partial charge on any atom is 0.251 e. The third kappa shape index (κ3) is 6.80. The van der Waals surface area contributed by atoms with Gasteiger partial charge in [0.15, 0.2) is 0 Å². The Bertz CT molecular complexity index is 194. The predicted octanol–water partition coefficient (Wildman–Crippen LogP) is 1.25. The van der Waals surface area contributed by atoms with Crippen molar-refractivity contribution in [3.05, 3.63) is 11.8 Å². The molecule has 0 aromatic heterocycles. The first-order valence-corrected chi connectivity index (χ1v) is 5.13. The number of amides is 1. The van der Waals surface area contributed by atoms with Crippen molar-refractivity contribution in [1.29, 1.82) is 0 Å². The Morgan fingerprint density at radius 1 is 1.57 bits per heavy atom. The van der Waals surface area contributed by atoms with Crippen molar-refractivity contribution in [2.45, 2.75) is 19.8 Å². The highest BCUT2D eigenvalue weighted by Crippen LogP contribution is 1.92. The van der Waals surface area contributed by atoms with Gasteiger partial charge in [-0.2, -0.15) is 12.6 Å². The van der Waals surface area contributed by atoms with E-state index in [4.69, 9.17) is 9.84 Å². The van der Waals surface area contributed by atoms with Gasteiger partial charge < -0.3 is 15.2 Å². The van der Waals surface area contributed by atoms with Crippen molar-refractivity contribution in [1.82, 2.24) is 5.32 Å². The van der Waals surface area contributed by atoms with E-state index >= 15 is 0 Å². The summed E-state index contributed by atoms with van der Waals surface area (Å²) in [4.78, 5) is 11.0. The largest absolute Gasteiger partial charge is 0.515 e. The van der Waals surface area contributed by atoms with Gasteiger partial charge in [0.2, 0.25) is 0 Å². The summed E-state index contributed by atoms with van der Waals surface area (Å²) in [6, 6.07) is 0. The van der Waals surface area contributed by atoms with Crippen LogP contribution in [0.15, 0.2) is 11.8 Å². The van der Waals surface area contributed by atoms with Crippen LogP contribution in [0.25, 0.3) is 0 Å². The van der Waals surface area contributed by atoms with E-state index in [-0.39, 0.29) is 18.2 Å². The topological polar surface area (TPSA) is 58.6 Å². The van der Waals surface area contributed by atoms with Crippen molar-refractivity contribution in [2.75, 3.05) is 19.1 Å². The van der Waals surface area contributed by atoms with E-state index in [2.05, 4.69) is 17.9 Å². The van der Waals surface area contributed by atoms with Crippen LogP contribution in [-0.2, 0) is 9.53 Å². The molecule has 0 aromatic rings. The Kier molecular flexibility index (Phi) is 8.47. The number of rotatable bonds is 7. The molecule has 0 aliphatic carbocycles. The van der Waals surface area contributed by atoms with Gasteiger partial charge in [0.05, 0.1) is 6.26 Å². The Balaban J connectivity index is 3.32. The minimum Gasteiger partial charge on any atom is -0.515 e. The minimum absolute atomic E-state index is 0.177. The minimum atomic E-state index is -0.318. The fourth-order valence-corrected chi connectivity index (χ4v) is 0.926. The van der Waals surface area contributed by atoms with Crippen molar-refractivity contribution in [3.8, 4) is 0 Å². The molecule has 5 heteroatoms. The molecule has 0 aliphatic heterocycles. The summed E-state index contributed by atoms with van der Waals surface area (Å²) in [6.07, 6.45) is 2.72. The lowest BCUT2D eigenvalue weighted by atomic mass is 10.3. The molecule has 2 N–H and O–H groups in total. The van der Waals surface area contributed by atoms with Gasteiger partial charge in [-0.25, -0.2) is 0 Å². The lowest BCUT2D eigenvalue weighted by Gasteiger charge is -2.05. The molecule has 0 rings (SSSR count). The summed E-state index contributed by atoms with van der Waals surface area (Å²) in [6.45, 7) is 2.32. The van der Waals surface area contributed by atoms with Crippen LogP contribution >= 0.6 is 12.6 Å². The highest BCUT2D eigenvalue weighted by Gasteiger charge is 2.01. The molecule has 0 fully saturated rings. The Labute approximate surface area is 89.7 Å². The molecular weight excluding hydrogens is 202 g/mol. The lowest BCUT2D eigenvalue weighted by Crippen LogP contribution is -2.26. The smallest absolute Gasteiger partial charge is 0.251 e. The van der Waals surface area contributed by atoms with E-state index in [1.807, 2.05) is 0 Å². The average molecular weight is 219 g/mol. The molecule has 0 saturated heterocycles. The molecule has 0 aromatic carbocycles. The van der Waals surface area contributed by atoms with Crippen molar-refractivity contribution in [2.24, 2.45) is 0 Å². The predicted molar refractivity (Wildman–Crippen MR) is 58.4 cm³/mol. The van der Waals surface area contributed by atoms with Crippen LogP contribution < -0.4 is 5.32 Å². The van der Waals surface area contributed by atoms with E-state index in [0.29, 0.717) is 6.61 Å². The van der Waals surface area contributed by atoms with Crippen molar-refractivity contribution >= 4 is 18.5 Å². The number of ether oxygens (including phenoxy) is 1. The standard InChI is InChI=1S/C9H17NO3S/c1-8(6-11)9(12)10-7-13-4-2-3-5-14/h6,11,14H,2-5,7H2,1H3,(H,10,12). The van der Waals surface area contributed by atoms with Crippen LogP contribution in [0, 0.1) is 0 Å². The third-order valence-corrected chi connectivity index (χ3v) is 1.90. The van der Waals surface area contributed by atoms with Gasteiger partial charge in [0.1, 0.15) is 6.73 Å². The van der Waals surface area contributed by atoms with E-state index in [1.165, 1.54) is 6.92 Å². The number of aliphatic hydroxyl groups excluding tert-OH is 1. The van der Waals surface area contributed by atoms with Gasteiger partial charge in [-0.3, -0.25) is 4.79 Å². The van der Waals surface area contributed by atoms with E-state index < -0.39 is 0 Å². The van der Waals surface area contributed by atoms with E-state index in [1.54, 1.807) is 0 Å². The number of hydrogen-bond acceptors (Lipinski definition) is 4. The highest BCUT2D eigenvalue weighted by molar-refractivity contribution is 7.80. The third-order valence-electron chi connectivity index (χ3n) is 1.58. The Morgan fingerprint density at radius 3 is 2.86 bits per heavy atom. The van der Waals surface area contributed by atoms with Crippen LogP contribution in [-0.4, -0.2) is 30.1 Å². The zero-order valence-corrected chi connectivity index (χ0v) is 9.22. The number of thiol groups is 1. The number of carbonyl (C=O) groups is 1. The van der Waals surface area contributed by atoms with Crippen LogP contribution in [0.5, 0.6) is 0 Å². The summed E-state index contributed by atoms with van der Waals surface area (Å²) in [5, 5.41) is 11.0. The molecule has 82 valence electrons. The van der Waals surface area contributed by atoms with E-state index in [0.717, 1.165) is 24.9 Å². The van der Waals surface area contributed by atoms with Crippen LogP contribution in [0.3, 0.4) is 0 Å². The summed E-state index contributed by atoms with van der Waals surface area (Å²) < 4.78 is 5.13. The van der Waals surface area contributed by atoms with Gasteiger partial charge >= 0.3 is 0 Å². The number of carbonyl (C=O) groups excluding carboxylic acids is 1. The first-order valence-electron chi connectivity index (χ1n) is 4.50. The fraction of sp³-hybridized carbons (Fsp3) is 0.667. The summed E-state index contributed by atoms with van der Waals surface area (Å²) in [5.74, 6) is 0.531. The molecule has 0 bridgehead atoms. The number of hydrogen-bond donors (Lipinski definition) is 3. The molecule has 14 heavy (non-hydrogen) atoms. The fourth-order valence-electron chi connectivity index (χ4n) is 0.703. The quantitative estimate of drug-likeness (QED) is 0.198. The molecular formula is C9H17NO3S. The van der Waals surface area contributed by atoms with Gasteiger partial charge in [-0.15, -0.1) is 0 Å². The van der Waals surface area contributed by atoms with Gasteiger partial charge in [-0.1, -0.05) is 0 Å². The monoisotopic (exact) mass is 219 g/mol. The summed E-state index contributed by atoms with van der Waals surface area (Å²) in [5.41, 5.74) is 0.268. The normalized spacial score (nSPS) is 11.4. The summed E-state index contributed by atoms with van der Waals surface area (Å²) >= 11 is 4.06. The molecule has 0 heterocycles. The Morgan fingerprint density at radius 2 is 2.29 bits per heavy atom. The Hall–Kier alpha value is -0.680. The highest BCUT2D eigenvalue weighted by atomic mass is 32.1. The second-order valence-electron chi connectivity index (χ2n) is 2.80. The van der Waals surface area contributed by atoms with Crippen LogP contribution in [0.4, 0.5) is 0 Å². The molecule has 0 unspecified atom stereocenters. The maximum absolute atomic E-state index is 11.0. The first kappa shape index (κ1) is 13.3. The second-order valence-corrected chi connectivity index (χ2v) is 3.25. The van der Waals surface area contributed by atoms with Crippen LogP contribution in [0.2, 0.25) is 0 Å². The average Bonchev–Trinajstić information content (AvgIpc) is 2.21. The molecule has 0 atom stereocenters. The van der Waals surface area contributed by atoms with Crippen molar-refractivity contribution < 1.29 is 14.6 Å². The zero-order valence-electron chi connectivity index (χ0n) is 8.32. The molecule has 0 saturated carbocycles. The molecule has 4 nitrogen and oxygen atoms in total. The van der Waals surface area contributed by atoms with Crippen LogP contribution in [0.1, 0.15) is 19.8 Å². The molecule has 0 radical (unpaired) electrons. The second kappa shape index (κ2) is 8.90. The SMILES string of the molecule is CC(=CO)C(=O)NCOCCCCS. The maximum atomic E-state index is 11.0. The first-order chi connectivity index (χ1) is 6.72. The number of unbranched alkanes of at least 4 members (excludes halogenated alkanes) is 1. The summed E-state index contributed by atoms with van der Waals surface area (Å²) in [7, 11) is 0. The molecule has 1 amide bonds. The number of aliphatic hydroxyl groups is 1. The van der Waals surface area contributed by atoms with Gasteiger partial charge in [0, 0.05) is 12.2 Å². The molecule has 0 aliphatic rings. The number of nitrogens with one attached hydrogen (secondary N) is 1. The molecule has 0 spiro atoms. The lowest BCUT2D eigenvalue weighted by molar-refractivity contribution is -0.119. The van der Waals surface area contributed by atoms with Gasteiger partial charge in [0.25, 0.3) is 5.91 Å². The van der Waals surface area contributed by atoms with Gasteiger partial charge in [-0.05, 0) is 25.5 Å². The zero-order chi connectivity index (χ0) is 10.8.